The summed E-state index contributed by atoms with van der Waals surface area (Å²) in [6.07, 6.45) is 0.855. The van der Waals surface area contributed by atoms with Gasteiger partial charge in [-0.15, -0.1) is 0 Å². The van der Waals surface area contributed by atoms with Gasteiger partial charge in [-0.2, -0.15) is 0 Å². The number of carbonyl (C=O) groups excluding carboxylic acids is 4. The molecule has 14 nitrogen and oxygen atoms in total. The summed E-state index contributed by atoms with van der Waals surface area (Å²) in [6.45, 7) is 6.51. The van der Waals surface area contributed by atoms with E-state index < -0.39 is 17.9 Å². The van der Waals surface area contributed by atoms with Crippen molar-refractivity contribution in [3.8, 4) is 28.6 Å². The van der Waals surface area contributed by atoms with E-state index in [-0.39, 0.29) is 60.9 Å². The zero-order valence-corrected chi connectivity index (χ0v) is 31.6. The van der Waals surface area contributed by atoms with Gasteiger partial charge in [0, 0.05) is 31.2 Å². The molecule has 1 saturated heterocycles. The second-order valence-electron chi connectivity index (χ2n) is 12.4. The first-order valence-corrected chi connectivity index (χ1v) is 18.2. The van der Waals surface area contributed by atoms with Gasteiger partial charge in [-0.05, 0) is 62.2 Å². The lowest BCUT2D eigenvalue weighted by Gasteiger charge is -2.30. The largest absolute Gasteiger partial charge is 0.493 e. The Morgan fingerprint density at radius 3 is 2.24 bits per heavy atom. The summed E-state index contributed by atoms with van der Waals surface area (Å²) in [5.74, 6) is 0.260. The van der Waals surface area contributed by atoms with E-state index in [9.17, 15) is 24.0 Å². The lowest BCUT2D eigenvalue weighted by molar-refractivity contribution is -0.136. The Kier molecular flexibility index (Phi) is 14.8. The van der Waals surface area contributed by atoms with Crippen LogP contribution in [0.2, 0.25) is 5.02 Å². The van der Waals surface area contributed by atoms with Crippen molar-refractivity contribution >= 4 is 46.6 Å². The number of nitrogens with one attached hydrogen (secondary N) is 1. The molecule has 1 aliphatic heterocycles. The molecule has 1 atom stereocenters. The topological polar surface area (TPSA) is 169 Å². The molecule has 0 spiro atoms. The number of imide groups is 1. The number of amides is 3. The van der Waals surface area contributed by atoms with Crippen LogP contribution < -0.4 is 25.0 Å². The van der Waals surface area contributed by atoms with Crippen molar-refractivity contribution in [2.75, 3.05) is 66.5 Å². The van der Waals surface area contributed by atoms with Crippen molar-refractivity contribution in [3.05, 3.63) is 86.5 Å². The standard InChI is InChI=1S/C40H43ClN2O12/c1-4-52-35-23-37-29(20-25(35)2)33(45)22-36(55-37)28-9-8-26(21-31(28)41)53-18-16-50-14-12-49-13-15-51-17-19-54-34-7-5-6-27(30(34)24-44)40(48)43(3)32-10-11-38(46)42-39(32)47/h5-9,20-24,32H,4,10-19H2,1-3H3,(H,42,46,47). The van der Waals surface area contributed by atoms with Crippen LogP contribution in [-0.4, -0.2) is 101 Å². The number of ether oxygens (including phenoxy) is 6. The number of halogens is 1. The van der Waals surface area contributed by atoms with E-state index in [0.29, 0.717) is 84.7 Å². The van der Waals surface area contributed by atoms with Crippen LogP contribution in [0.1, 0.15) is 46.0 Å². The maximum Gasteiger partial charge on any atom is 0.255 e. The smallest absolute Gasteiger partial charge is 0.255 e. The molecule has 3 amide bonds. The van der Waals surface area contributed by atoms with Crippen LogP contribution in [0.15, 0.2) is 63.8 Å². The monoisotopic (exact) mass is 778 g/mol. The fourth-order valence-electron chi connectivity index (χ4n) is 5.85. The molecule has 1 fully saturated rings. The second-order valence-corrected chi connectivity index (χ2v) is 12.8. The fourth-order valence-corrected chi connectivity index (χ4v) is 6.12. The summed E-state index contributed by atoms with van der Waals surface area (Å²) in [6, 6.07) is 13.8. The Bertz CT molecular complexity index is 2070. The molecule has 0 aliphatic carbocycles. The highest BCUT2D eigenvalue weighted by atomic mass is 35.5. The molecule has 55 heavy (non-hydrogen) atoms. The highest BCUT2D eigenvalue weighted by Gasteiger charge is 2.33. The molecular weight excluding hydrogens is 736 g/mol. The third kappa shape index (κ3) is 10.7. The van der Waals surface area contributed by atoms with Crippen molar-refractivity contribution in [2.24, 2.45) is 0 Å². The number of carbonyl (C=O) groups is 4. The minimum absolute atomic E-state index is 0.0579. The van der Waals surface area contributed by atoms with Crippen LogP contribution in [0, 0.1) is 6.92 Å². The molecule has 1 N–H and O–H groups in total. The van der Waals surface area contributed by atoms with E-state index in [0.717, 1.165) is 5.56 Å². The highest BCUT2D eigenvalue weighted by Crippen LogP contribution is 2.33. The number of hydrogen-bond acceptors (Lipinski definition) is 12. The van der Waals surface area contributed by atoms with Crippen molar-refractivity contribution < 1.29 is 52.0 Å². The Morgan fingerprint density at radius 1 is 0.891 bits per heavy atom. The van der Waals surface area contributed by atoms with Crippen LogP contribution in [0.3, 0.4) is 0 Å². The highest BCUT2D eigenvalue weighted by molar-refractivity contribution is 6.33. The van der Waals surface area contributed by atoms with Gasteiger partial charge in [-0.1, -0.05) is 17.7 Å². The Balaban J connectivity index is 0.952. The summed E-state index contributed by atoms with van der Waals surface area (Å²) in [5, 5.41) is 3.06. The molecule has 15 heteroatoms. The number of aldehydes is 1. The predicted molar refractivity (Wildman–Crippen MR) is 202 cm³/mol. The number of fused-ring (bicyclic) bond motifs is 1. The molecule has 1 aromatic heterocycles. The average Bonchev–Trinajstić information content (AvgIpc) is 3.16. The first-order chi connectivity index (χ1) is 26.6. The third-order valence-electron chi connectivity index (χ3n) is 8.67. The molecule has 5 rings (SSSR count). The Morgan fingerprint density at radius 2 is 1.58 bits per heavy atom. The van der Waals surface area contributed by atoms with Crippen LogP contribution in [0.4, 0.5) is 0 Å². The molecular formula is C40H43ClN2O12. The quantitative estimate of drug-likeness (QED) is 0.0724. The van der Waals surface area contributed by atoms with Gasteiger partial charge in [0.25, 0.3) is 5.91 Å². The van der Waals surface area contributed by atoms with Crippen molar-refractivity contribution in [3.63, 3.8) is 0 Å². The third-order valence-corrected chi connectivity index (χ3v) is 8.98. The van der Waals surface area contributed by atoms with Gasteiger partial charge in [0.2, 0.25) is 11.8 Å². The molecule has 1 aliphatic rings. The van der Waals surface area contributed by atoms with Gasteiger partial charge in [-0.3, -0.25) is 29.3 Å². The second kappa shape index (κ2) is 19.9. The SMILES string of the molecule is CCOc1cc2oc(-c3ccc(OCCOCCOCCOCCOc4cccc(C(=O)N(C)C5CCC(=O)NC5=O)c4C=O)cc3Cl)cc(=O)c2cc1C. The van der Waals surface area contributed by atoms with Gasteiger partial charge in [0.15, 0.2) is 11.7 Å². The predicted octanol–water partition coefficient (Wildman–Crippen LogP) is 5.02. The Labute approximate surface area is 322 Å². The van der Waals surface area contributed by atoms with E-state index in [2.05, 4.69) is 5.32 Å². The summed E-state index contributed by atoms with van der Waals surface area (Å²) < 4.78 is 39.8. The maximum atomic E-state index is 13.1. The lowest BCUT2D eigenvalue weighted by Crippen LogP contribution is -2.53. The zero-order valence-electron chi connectivity index (χ0n) is 30.9. The van der Waals surface area contributed by atoms with E-state index in [1.165, 1.54) is 24.1 Å². The number of likely N-dealkylation sites (N-methyl/N-ethyl adjacent to an activating group) is 1. The lowest BCUT2D eigenvalue weighted by atomic mass is 10.0. The zero-order chi connectivity index (χ0) is 39.3. The number of rotatable bonds is 20. The van der Waals surface area contributed by atoms with E-state index in [1.54, 1.807) is 42.5 Å². The molecule has 3 aromatic carbocycles. The summed E-state index contributed by atoms with van der Waals surface area (Å²) in [7, 11) is 1.45. The maximum absolute atomic E-state index is 13.1. The van der Waals surface area contributed by atoms with Crippen LogP contribution in [-0.2, 0) is 23.8 Å². The molecule has 0 bridgehead atoms. The molecule has 292 valence electrons. The molecule has 0 saturated carbocycles. The first-order valence-electron chi connectivity index (χ1n) is 17.8. The van der Waals surface area contributed by atoms with E-state index in [1.807, 2.05) is 13.8 Å². The van der Waals surface area contributed by atoms with E-state index >= 15 is 0 Å². The van der Waals surface area contributed by atoms with Gasteiger partial charge in [0.05, 0.1) is 67.8 Å². The van der Waals surface area contributed by atoms with Crippen LogP contribution in [0.5, 0.6) is 17.2 Å². The van der Waals surface area contributed by atoms with Crippen LogP contribution in [0.25, 0.3) is 22.3 Å². The first kappa shape index (κ1) is 40.9. The summed E-state index contributed by atoms with van der Waals surface area (Å²) >= 11 is 6.55. The number of piperidine rings is 1. The Hall–Kier alpha value is -5.28. The van der Waals surface area contributed by atoms with Crippen molar-refractivity contribution in [1.29, 1.82) is 0 Å². The van der Waals surface area contributed by atoms with Crippen molar-refractivity contribution in [2.45, 2.75) is 32.7 Å². The molecule has 0 radical (unpaired) electrons. The van der Waals surface area contributed by atoms with Gasteiger partial charge in [-0.25, -0.2) is 0 Å². The number of aryl methyl sites for hydroxylation is 1. The van der Waals surface area contributed by atoms with Crippen molar-refractivity contribution in [1.82, 2.24) is 10.2 Å². The van der Waals surface area contributed by atoms with Crippen LogP contribution >= 0.6 is 11.6 Å². The molecule has 4 aromatic rings. The van der Waals surface area contributed by atoms with Gasteiger partial charge < -0.3 is 37.7 Å². The normalized spacial score (nSPS) is 14.1. The van der Waals surface area contributed by atoms with Gasteiger partial charge in [0.1, 0.15) is 47.8 Å². The van der Waals surface area contributed by atoms with Gasteiger partial charge >= 0.3 is 0 Å². The summed E-state index contributed by atoms with van der Waals surface area (Å²) in [5.41, 5.74) is 1.79. The minimum Gasteiger partial charge on any atom is -0.493 e. The van der Waals surface area contributed by atoms with E-state index in [4.69, 9.17) is 44.4 Å². The minimum atomic E-state index is -0.821. The molecule has 2 heterocycles. The number of nitrogens with zero attached hydrogens (tertiary/aromatic N) is 1. The average molecular weight is 779 g/mol. The number of benzene rings is 3. The fraction of sp³-hybridized carbons (Fsp3) is 0.375. The number of hydrogen-bond donors (Lipinski definition) is 1. The molecule has 1 unspecified atom stereocenters. The summed E-state index contributed by atoms with van der Waals surface area (Å²) in [4.78, 5) is 62.8.